The van der Waals surface area contributed by atoms with Gasteiger partial charge in [-0.05, 0) is 47.2 Å². The lowest BCUT2D eigenvalue weighted by molar-refractivity contribution is -0.114. The molecular weight excluding hydrogens is 362 g/mol. The normalized spacial score (nSPS) is 15.3. The van der Waals surface area contributed by atoms with Crippen molar-refractivity contribution in [2.75, 3.05) is 18.4 Å². The average molecular weight is 394 g/mol. The van der Waals surface area contributed by atoms with E-state index in [1.807, 2.05) is 0 Å². The van der Waals surface area contributed by atoms with Gasteiger partial charge in [0, 0.05) is 43.9 Å². The van der Waals surface area contributed by atoms with E-state index >= 15 is 0 Å². The highest BCUT2D eigenvalue weighted by molar-refractivity contribution is 5.95. The average Bonchev–Trinajstić information content (AvgIpc) is 2.66. The molecule has 29 heavy (non-hydrogen) atoms. The first-order valence-electron chi connectivity index (χ1n) is 10.2. The van der Waals surface area contributed by atoms with Crippen molar-refractivity contribution < 1.29 is 9.59 Å². The van der Waals surface area contributed by atoms with Crippen LogP contribution in [0.2, 0.25) is 0 Å². The lowest BCUT2D eigenvalue weighted by Gasteiger charge is -2.38. The van der Waals surface area contributed by atoms with E-state index in [0.29, 0.717) is 11.3 Å². The van der Waals surface area contributed by atoms with E-state index in [9.17, 15) is 9.59 Å². The minimum Gasteiger partial charge on any atom is -0.347 e. The Morgan fingerprint density at radius 3 is 2.31 bits per heavy atom. The molecule has 0 saturated carbocycles. The van der Waals surface area contributed by atoms with Gasteiger partial charge in [-0.25, -0.2) is 0 Å². The molecule has 0 radical (unpaired) electrons. The molecule has 0 aliphatic carbocycles. The molecule has 154 valence electrons. The minimum atomic E-state index is -0.127. The van der Waals surface area contributed by atoms with Crippen molar-refractivity contribution in [3.63, 3.8) is 0 Å². The molecule has 2 aromatic rings. The number of carbonyl (C=O) groups is 2. The van der Waals surface area contributed by atoms with Crippen LogP contribution in [0.5, 0.6) is 0 Å². The molecule has 0 unspecified atom stereocenters. The van der Waals surface area contributed by atoms with E-state index in [0.717, 1.165) is 26.1 Å². The van der Waals surface area contributed by atoms with Crippen molar-refractivity contribution in [3.8, 4) is 0 Å². The maximum absolute atomic E-state index is 12.9. The van der Waals surface area contributed by atoms with Gasteiger partial charge in [0.2, 0.25) is 5.91 Å². The third kappa shape index (κ3) is 5.67. The number of amides is 2. The van der Waals surface area contributed by atoms with Crippen LogP contribution in [0.3, 0.4) is 0 Å². The van der Waals surface area contributed by atoms with Crippen molar-refractivity contribution in [2.24, 2.45) is 5.41 Å². The molecule has 0 spiro atoms. The SMILES string of the molecule is CC(=O)Nc1ccc(C(=O)N[C@H](CN2CCc3ccccc3C2)C(C)(C)C)cc1. The van der Waals surface area contributed by atoms with Gasteiger partial charge >= 0.3 is 0 Å². The smallest absolute Gasteiger partial charge is 0.251 e. The number of benzene rings is 2. The van der Waals surface area contributed by atoms with E-state index in [1.165, 1.54) is 18.1 Å². The zero-order chi connectivity index (χ0) is 21.0. The van der Waals surface area contributed by atoms with Gasteiger partial charge in [-0.2, -0.15) is 0 Å². The van der Waals surface area contributed by atoms with E-state index in [1.54, 1.807) is 24.3 Å². The summed E-state index contributed by atoms with van der Waals surface area (Å²) in [4.78, 5) is 26.4. The molecule has 0 aromatic heterocycles. The lowest BCUT2D eigenvalue weighted by Crippen LogP contribution is -2.51. The van der Waals surface area contributed by atoms with Gasteiger partial charge in [0.25, 0.3) is 5.91 Å². The Hall–Kier alpha value is -2.66. The molecule has 3 rings (SSSR count). The first-order chi connectivity index (χ1) is 13.7. The quantitative estimate of drug-likeness (QED) is 0.811. The standard InChI is InChI=1S/C24H31N3O2/c1-17(28)25-21-11-9-19(10-12-21)23(29)26-22(24(2,3)4)16-27-14-13-18-7-5-6-8-20(18)15-27/h5-12,22H,13-16H2,1-4H3,(H,25,28)(H,26,29)/t22-/m1/s1. The Bertz CT molecular complexity index is 868. The second-order valence-corrected chi connectivity index (χ2v) is 8.90. The predicted molar refractivity (Wildman–Crippen MR) is 117 cm³/mol. The second kappa shape index (κ2) is 8.78. The third-order valence-electron chi connectivity index (χ3n) is 5.47. The molecular formula is C24H31N3O2. The highest BCUT2D eigenvalue weighted by atomic mass is 16.2. The van der Waals surface area contributed by atoms with E-state index < -0.39 is 0 Å². The van der Waals surface area contributed by atoms with Gasteiger partial charge in [0.1, 0.15) is 0 Å². The number of carbonyl (C=O) groups excluding carboxylic acids is 2. The molecule has 5 heteroatoms. The lowest BCUT2D eigenvalue weighted by atomic mass is 9.85. The van der Waals surface area contributed by atoms with Crippen LogP contribution < -0.4 is 10.6 Å². The van der Waals surface area contributed by atoms with Gasteiger partial charge in [-0.1, -0.05) is 45.0 Å². The Kier molecular flexibility index (Phi) is 6.38. The first-order valence-corrected chi connectivity index (χ1v) is 10.2. The van der Waals surface area contributed by atoms with Gasteiger partial charge in [0.05, 0.1) is 0 Å². The molecule has 1 aliphatic heterocycles. The number of hydrogen-bond acceptors (Lipinski definition) is 3. The highest BCUT2D eigenvalue weighted by Gasteiger charge is 2.29. The molecule has 0 bridgehead atoms. The Morgan fingerprint density at radius 1 is 1.03 bits per heavy atom. The second-order valence-electron chi connectivity index (χ2n) is 8.90. The van der Waals surface area contributed by atoms with Gasteiger partial charge in [-0.3, -0.25) is 14.5 Å². The van der Waals surface area contributed by atoms with Crippen LogP contribution in [0, 0.1) is 5.41 Å². The van der Waals surface area contributed by atoms with Crippen LogP contribution >= 0.6 is 0 Å². The summed E-state index contributed by atoms with van der Waals surface area (Å²) in [6.07, 6.45) is 1.05. The number of nitrogens with zero attached hydrogens (tertiary/aromatic N) is 1. The maximum atomic E-state index is 12.9. The fraction of sp³-hybridized carbons (Fsp3) is 0.417. The van der Waals surface area contributed by atoms with Crippen LogP contribution in [0.1, 0.15) is 49.2 Å². The summed E-state index contributed by atoms with van der Waals surface area (Å²) in [5.74, 6) is -0.213. The molecule has 2 amide bonds. The zero-order valence-electron chi connectivity index (χ0n) is 17.8. The van der Waals surface area contributed by atoms with Gasteiger partial charge < -0.3 is 10.6 Å². The summed E-state index contributed by atoms with van der Waals surface area (Å²) in [7, 11) is 0. The van der Waals surface area contributed by atoms with Gasteiger partial charge in [0.15, 0.2) is 0 Å². The van der Waals surface area contributed by atoms with Gasteiger partial charge in [-0.15, -0.1) is 0 Å². The van der Waals surface area contributed by atoms with Crippen molar-refractivity contribution in [1.29, 1.82) is 0 Å². The van der Waals surface area contributed by atoms with Crippen LogP contribution in [-0.2, 0) is 17.8 Å². The number of hydrogen-bond donors (Lipinski definition) is 2. The summed E-state index contributed by atoms with van der Waals surface area (Å²) in [6.45, 7) is 10.7. The number of rotatable bonds is 5. The monoisotopic (exact) mass is 393 g/mol. The van der Waals surface area contributed by atoms with Crippen molar-refractivity contribution in [3.05, 3.63) is 65.2 Å². The molecule has 1 heterocycles. The summed E-state index contributed by atoms with van der Waals surface area (Å²) >= 11 is 0. The van der Waals surface area contributed by atoms with Crippen molar-refractivity contribution in [1.82, 2.24) is 10.2 Å². The van der Waals surface area contributed by atoms with Crippen LogP contribution in [0.15, 0.2) is 48.5 Å². The number of anilines is 1. The largest absolute Gasteiger partial charge is 0.347 e. The topological polar surface area (TPSA) is 61.4 Å². The molecule has 5 nitrogen and oxygen atoms in total. The minimum absolute atomic E-state index is 0.0234. The Morgan fingerprint density at radius 2 is 1.69 bits per heavy atom. The third-order valence-corrected chi connectivity index (χ3v) is 5.47. The summed E-state index contributed by atoms with van der Waals surface area (Å²) in [6, 6.07) is 15.6. The molecule has 0 fully saturated rings. The van der Waals surface area contributed by atoms with E-state index in [4.69, 9.17) is 0 Å². The molecule has 1 atom stereocenters. The highest BCUT2D eigenvalue weighted by Crippen LogP contribution is 2.24. The molecule has 2 aromatic carbocycles. The Labute approximate surface area is 173 Å². The van der Waals surface area contributed by atoms with Crippen LogP contribution in [-0.4, -0.2) is 35.8 Å². The molecule has 0 saturated heterocycles. The molecule has 1 aliphatic rings. The summed E-state index contributed by atoms with van der Waals surface area (Å²) in [5, 5.41) is 5.96. The summed E-state index contributed by atoms with van der Waals surface area (Å²) in [5.41, 5.74) is 4.03. The number of fused-ring (bicyclic) bond motifs is 1. The first kappa shape index (κ1) is 21.1. The van der Waals surface area contributed by atoms with Crippen molar-refractivity contribution in [2.45, 2.75) is 46.7 Å². The fourth-order valence-electron chi connectivity index (χ4n) is 3.65. The predicted octanol–water partition coefficient (Wildman–Crippen LogP) is 3.85. The van der Waals surface area contributed by atoms with Crippen molar-refractivity contribution >= 4 is 17.5 Å². The van der Waals surface area contributed by atoms with Crippen LogP contribution in [0.4, 0.5) is 5.69 Å². The fourth-order valence-corrected chi connectivity index (χ4v) is 3.65. The zero-order valence-corrected chi connectivity index (χ0v) is 17.8. The molecule has 2 N–H and O–H groups in total. The van der Waals surface area contributed by atoms with Crippen LogP contribution in [0.25, 0.3) is 0 Å². The van der Waals surface area contributed by atoms with E-state index in [-0.39, 0.29) is 23.3 Å². The maximum Gasteiger partial charge on any atom is 0.251 e. The Balaban J connectivity index is 1.66. The number of nitrogens with one attached hydrogen (secondary N) is 2. The summed E-state index contributed by atoms with van der Waals surface area (Å²) < 4.78 is 0. The van der Waals surface area contributed by atoms with E-state index in [2.05, 4.69) is 60.6 Å².